The number of carbonyl (C=O) groups excluding carboxylic acids is 1. The first-order valence-corrected chi connectivity index (χ1v) is 13.9. The van der Waals surface area contributed by atoms with Crippen molar-refractivity contribution in [3.63, 3.8) is 0 Å². The molecule has 3 aromatic rings. The predicted molar refractivity (Wildman–Crippen MR) is 146 cm³/mol. The summed E-state index contributed by atoms with van der Waals surface area (Å²) in [5.41, 5.74) is 0.864. The number of carboxylic acids is 1. The van der Waals surface area contributed by atoms with E-state index in [2.05, 4.69) is 20.4 Å². The van der Waals surface area contributed by atoms with Crippen LogP contribution in [0, 0.1) is 5.82 Å². The second-order valence-corrected chi connectivity index (χ2v) is 11.1. The summed E-state index contributed by atoms with van der Waals surface area (Å²) in [6, 6.07) is 1.20. The van der Waals surface area contributed by atoms with Gasteiger partial charge in [-0.25, -0.2) is 4.39 Å². The minimum absolute atomic E-state index is 0.0813. The molecule has 0 unspecified atom stereocenters. The zero-order chi connectivity index (χ0) is 27.7. The first-order valence-electron chi connectivity index (χ1n) is 13.1. The fourth-order valence-electron chi connectivity index (χ4n) is 4.99. The number of unbranched alkanes of at least 4 members (excludes halogenated alkanes) is 2. The number of hydrogen-bond donors (Lipinski definition) is 2. The zero-order valence-electron chi connectivity index (χ0n) is 21.9. The van der Waals surface area contributed by atoms with E-state index in [-0.39, 0.29) is 46.3 Å². The third-order valence-electron chi connectivity index (χ3n) is 7.16. The van der Waals surface area contributed by atoms with Gasteiger partial charge in [0.2, 0.25) is 11.0 Å². The van der Waals surface area contributed by atoms with Crippen LogP contribution in [0.3, 0.4) is 0 Å². The average Bonchev–Trinajstić information content (AvgIpc) is 3.35. The summed E-state index contributed by atoms with van der Waals surface area (Å²) in [5.74, 6) is -1.21. The highest BCUT2D eigenvalue weighted by molar-refractivity contribution is 7.18. The number of aliphatic carboxylic acids is 1. The Morgan fingerprint density at radius 2 is 1.92 bits per heavy atom. The summed E-state index contributed by atoms with van der Waals surface area (Å²) in [6.07, 6.45) is 3.74. The van der Waals surface area contributed by atoms with Gasteiger partial charge in [-0.3, -0.25) is 14.4 Å². The van der Waals surface area contributed by atoms with Gasteiger partial charge in [-0.05, 0) is 32.9 Å². The summed E-state index contributed by atoms with van der Waals surface area (Å²) < 4.78 is 23.6. The number of hydrogen-bond acceptors (Lipinski definition) is 9. The minimum Gasteiger partial charge on any atom is -0.487 e. The third-order valence-corrected chi connectivity index (χ3v) is 8.03. The number of carbonyl (C=O) groups is 2. The summed E-state index contributed by atoms with van der Waals surface area (Å²) in [5, 5.41) is 20.4. The van der Waals surface area contributed by atoms with Gasteiger partial charge < -0.3 is 29.5 Å². The molecule has 13 heteroatoms. The number of likely N-dealkylation sites (N-methyl/N-ethyl adjacent to an activating group) is 1. The van der Waals surface area contributed by atoms with E-state index in [1.165, 1.54) is 6.07 Å². The Morgan fingerprint density at radius 3 is 2.67 bits per heavy atom. The molecule has 2 aliphatic rings. The van der Waals surface area contributed by atoms with Crippen LogP contribution < -0.4 is 20.4 Å². The van der Waals surface area contributed by atoms with Gasteiger partial charge in [-0.2, -0.15) is 0 Å². The highest BCUT2D eigenvalue weighted by atomic mass is 32.1. The Bertz CT molecular complexity index is 1470. The molecule has 0 spiro atoms. The van der Waals surface area contributed by atoms with Crippen molar-refractivity contribution in [2.75, 3.05) is 50.1 Å². The lowest BCUT2D eigenvalue weighted by Gasteiger charge is -2.37. The van der Waals surface area contributed by atoms with Gasteiger partial charge in [-0.1, -0.05) is 17.8 Å². The normalized spacial score (nSPS) is 17.3. The van der Waals surface area contributed by atoms with Crippen molar-refractivity contribution in [2.45, 2.75) is 45.1 Å². The van der Waals surface area contributed by atoms with Crippen LogP contribution in [-0.4, -0.2) is 76.5 Å². The Labute approximate surface area is 228 Å². The van der Waals surface area contributed by atoms with Gasteiger partial charge in [0.05, 0.1) is 22.5 Å². The smallest absolute Gasteiger partial charge is 0.303 e. The molecule has 0 bridgehead atoms. The molecule has 208 valence electrons. The molecule has 1 amide bonds. The quantitative estimate of drug-likeness (QED) is 0.380. The second kappa shape index (κ2) is 11.3. The van der Waals surface area contributed by atoms with Crippen LogP contribution in [0.4, 0.5) is 15.2 Å². The fourth-order valence-corrected chi connectivity index (χ4v) is 5.76. The number of nitrogens with one attached hydrogen (secondary N) is 1. The number of nitrogens with zero attached hydrogens (tertiary/aromatic N) is 5. The lowest BCUT2D eigenvalue weighted by molar-refractivity contribution is -0.137. The van der Waals surface area contributed by atoms with Gasteiger partial charge >= 0.3 is 5.97 Å². The van der Waals surface area contributed by atoms with Crippen LogP contribution >= 0.6 is 11.3 Å². The Kier molecular flexibility index (Phi) is 7.80. The number of benzene rings is 1. The maximum atomic E-state index is 15.6. The maximum absolute atomic E-state index is 15.6. The highest BCUT2D eigenvalue weighted by Crippen LogP contribution is 2.42. The fraction of sp³-hybridized carbons (Fsp3) is 0.500. The molecule has 2 N–H and O–H groups in total. The Hall–Kier alpha value is -3.58. The number of piperazine rings is 1. The molecule has 4 heterocycles. The molecule has 2 aromatic heterocycles. The second-order valence-electron chi connectivity index (χ2n) is 10.1. The third kappa shape index (κ3) is 5.59. The Balaban J connectivity index is 1.42. The van der Waals surface area contributed by atoms with Crippen molar-refractivity contribution in [1.29, 1.82) is 0 Å². The largest absolute Gasteiger partial charge is 0.487 e. The van der Waals surface area contributed by atoms with Crippen LogP contribution in [0.25, 0.3) is 21.5 Å². The van der Waals surface area contributed by atoms with E-state index in [0.717, 1.165) is 24.4 Å². The molecule has 0 saturated carbocycles. The number of pyridine rings is 1. The minimum atomic E-state index is -0.851. The molecule has 11 nitrogen and oxygen atoms in total. The lowest BCUT2D eigenvalue weighted by Crippen LogP contribution is -2.45. The molecule has 1 saturated heterocycles. The molecule has 1 aromatic carbocycles. The maximum Gasteiger partial charge on any atom is 0.303 e. The average molecular weight is 559 g/mol. The summed E-state index contributed by atoms with van der Waals surface area (Å²) >= 11 is 1.07. The zero-order valence-corrected chi connectivity index (χ0v) is 22.7. The topological polar surface area (TPSA) is 130 Å². The van der Waals surface area contributed by atoms with E-state index in [1.54, 1.807) is 6.20 Å². The summed E-state index contributed by atoms with van der Waals surface area (Å²) in [7, 11) is 2.03. The molecular formula is C26H31FN6O5S. The van der Waals surface area contributed by atoms with Crippen molar-refractivity contribution < 1.29 is 23.8 Å². The molecule has 5 rings (SSSR count). The summed E-state index contributed by atoms with van der Waals surface area (Å²) in [4.78, 5) is 40.6. The number of rotatable bonds is 9. The van der Waals surface area contributed by atoms with Crippen molar-refractivity contribution in [1.82, 2.24) is 19.7 Å². The van der Waals surface area contributed by atoms with Crippen LogP contribution in [0.15, 0.2) is 17.1 Å². The van der Waals surface area contributed by atoms with Gasteiger partial charge in [0.15, 0.2) is 22.0 Å². The number of anilines is 2. The van der Waals surface area contributed by atoms with Gasteiger partial charge in [0.25, 0.3) is 0 Å². The van der Waals surface area contributed by atoms with Gasteiger partial charge in [-0.15, -0.1) is 10.2 Å². The Morgan fingerprint density at radius 1 is 1.18 bits per heavy atom. The van der Waals surface area contributed by atoms with Crippen LogP contribution in [-0.2, 0) is 9.59 Å². The SMILES string of the molecule is C[C@H]1COc2c(N3CCN(C)CC3)c(F)cc3c(=O)c(-c4nnc(NC(=O)CCCCCC(=O)O)s4)cn1c23. The lowest BCUT2D eigenvalue weighted by atomic mass is 10.1. The number of halogens is 1. The molecule has 2 aliphatic heterocycles. The standard InChI is InChI=1S/C26H31FN6O5S/c1-15-14-38-24-21-16(12-18(27)22(24)32-10-8-31(2)9-11-32)23(37)17(13-33(15)21)25-29-30-26(39-25)28-19(34)6-4-3-5-7-20(35)36/h12-13,15H,3-11,14H2,1-2H3,(H,35,36)(H,28,30,34)/t15-/m0/s1. The van der Waals surface area contributed by atoms with E-state index in [9.17, 15) is 14.4 Å². The number of aromatic nitrogens is 3. The first-order chi connectivity index (χ1) is 18.7. The van der Waals surface area contributed by atoms with Gasteiger partial charge in [0, 0.05) is 45.2 Å². The van der Waals surface area contributed by atoms with Crippen molar-refractivity contribution in [3.05, 3.63) is 28.3 Å². The van der Waals surface area contributed by atoms with Crippen molar-refractivity contribution >= 4 is 44.9 Å². The van der Waals surface area contributed by atoms with E-state index in [4.69, 9.17) is 9.84 Å². The van der Waals surface area contributed by atoms with Crippen LogP contribution in [0.5, 0.6) is 5.75 Å². The van der Waals surface area contributed by atoms with E-state index in [0.29, 0.717) is 60.9 Å². The number of ether oxygens (including phenoxy) is 1. The van der Waals surface area contributed by atoms with Crippen molar-refractivity contribution in [3.8, 4) is 16.3 Å². The van der Waals surface area contributed by atoms with Crippen LogP contribution in [0.1, 0.15) is 45.1 Å². The number of carboxylic acid groups (broad SMARTS) is 1. The predicted octanol–water partition coefficient (Wildman–Crippen LogP) is 3.34. The van der Waals surface area contributed by atoms with E-state index >= 15 is 4.39 Å². The van der Waals surface area contributed by atoms with E-state index < -0.39 is 11.8 Å². The summed E-state index contributed by atoms with van der Waals surface area (Å²) in [6.45, 7) is 5.24. The highest BCUT2D eigenvalue weighted by Gasteiger charge is 2.31. The first kappa shape index (κ1) is 27.0. The van der Waals surface area contributed by atoms with Crippen molar-refractivity contribution in [2.24, 2.45) is 0 Å². The molecule has 1 atom stereocenters. The molecule has 0 aliphatic carbocycles. The number of amides is 1. The molecule has 0 radical (unpaired) electrons. The van der Waals surface area contributed by atoms with E-state index in [1.807, 2.05) is 23.4 Å². The van der Waals surface area contributed by atoms with Gasteiger partial charge in [0.1, 0.15) is 12.3 Å². The monoisotopic (exact) mass is 558 g/mol. The molecule has 1 fully saturated rings. The molecule has 39 heavy (non-hydrogen) atoms. The van der Waals surface area contributed by atoms with Crippen LogP contribution in [0.2, 0.25) is 0 Å². The molecular weight excluding hydrogens is 527 g/mol.